The first kappa shape index (κ1) is 21.6. The summed E-state index contributed by atoms with van der Waals surface area (Å²) in [5.41, 5.74) is 2.96. The van der Waals surface area contributed by atoms with Crippen molar-refractivity contribution in [3.8, 4) is 0 Å². The van der Waals surface area contributed by atoms with Crippen LogP contribution in [0.5, 0.6) is 0 Å². The number of carbonyl (C=O) groups is 2. The van der Waals surface area contributed by atoms with Crippen LogP contribution in [-0.2, 0) is 4.79 Å². The quantitative estimate of drug-likeness (QED) is 0.517. The number of benzene rings is 1. The standard InChI is InChI=1S/C24H29ClN4O2/c1-15-20(11-12-26-22(15)25)27-19-8-4-7-17(14-19)23(30)29-21(13-16-5-2-3-6-16)24(31)28-18-9-10-18/h4,7-8,11-12,14,16,18,21H,2-3,5-6,9-10,13H2,1H3,(H,26,27)(H,28,31)(H,29,30)/t21-/m0/s1. The van der Waals surface area contributed by atoms with Crippen LogP contribution in [-0.4, -0.2) is 28.9 Å². The summed E-state index contributed by atoms with van der Waals surface area (Å²) in [5, 5.41) is 9.78. The molecule has 1 aromatic carbocycles. The van der Waals surface area contributed by atoms with Gasteiger partial charge in [-0.3, -0.25) is 9.59 Å². The molecule has 4 rings (SSSR count). The Morgan fingerprint density at radius 1 is 1.16 bits per heavy atom. The predicted octanol–water partition coefficient (Wildman–Crippen LogP) is 4.74. The van der Waals surface area contributed by atoms with Crippen LogP contribution >= 0.6 is 11.6 Å². The Morgan fingerprint density at radius 3 is 2.68 bits per heavy atom. The zero-order chi connectivity index (χ0) is 21.8. The number of hydrogen-bond acceptors (Lipinski definition) is 4. The van der Waals surface area contributed by atoms with E-state index in [1.165, 1.54) is 12.8 Å². The van der Waals surface area contributed by atoms with Gasteiger partial charge in [0.25, 0.3) is 5.91 Å². The molecule has 6 nitrogen and oxygen atoms in total. The third kappa shape index (κ3) is 5.76. The third-order valence-corrected chi connectivity index (χ3v) is 6.52. The van der Waals surface area contributed by atoms with Gasteiger partial charge in [-0.2, -0.15) is 0 Å². The highest BCUT2D eigenvalue weighted by molar-refractivity contribution is 6.30. The maximum Gasteiger partial charge on any atom is 0.252 e. The number of anilines is 2. The topological polar surface area (TPSA) is 83.1 Å². The summed E-state index contributed by atoms with van der Waals surface area (Å²) in [7, 11) is 0. The molecule has 2 amide bonds. The number of nitrogens with one attached hydrogen (secondary N) is 3. The fourth-order valence-corrected chi connectivity index (χ4v) is 4.28. The maximum absolute atomic E-state index is 13.0. The van der Waals surface area contributed by atoms with Crippen molar-refractivity contribution < 1.29 is 9.59 Å². The highest BCUT2D eigenvalue weighted by Crippen LogP contribution is 2.29. The third-order valence-electron chi connectivity index (χ3n) is 6.14. The zero-order valence-electron chi connectivity index (χ0n) is 17.8. The maximum atomic E-state index is 13.0. The summed E-state index contributed by atoms with van der Waals surface area (Å²) in [6.45, 7) is 1.89. The second kappa shape index (κ2) is 9.69. The van der Waals surface area contributed by atoms with E-state index in [1.54, 1.807) is 18.3 Å². The summed E-state index contributed by atoms with van der Waals surface area (Å²) >= 11 is 6.11. The van der Waals surface area contributed by atoms with Gasteiger partial charge < -0.3 is 16.0 Å². The first-order valence-corrected chi connectivity index (χ1v) is 11.5. The average molecular weight is 441 g/mol. The van der Waals surface area contributed by atoms with Crippen LogP contribution in [0.1, 0.15) is 60.9 Å². The van der Waals surface area contributed by atoms with Crippen molar-refractivity contribution in [1.82, 2.24) is 15.6 Å². The Bertz CT molecular complexity index is 954. The summed E-state index contributed by atoms with van der Waals surface area (Å²) < 4.78 is 0. The largest absolute Gasteiger partial charge is 0.355 e. The van der Waals surface area contributed by atoms with E-state index in [9.17, 15) is 9.59 Å². The van der Waals surface area contributed by atoms with Crippen LogP contribution < -0.4 is 16.0 Å². The molecule has 7 heteroatoms. The Labute approximate surface area is 188 Å². The number of carbonyl (C=O) groups excluding carboxylic acids is 2. The molecule has 2 aliphatic rings. The van der Waals surface area contributed by atoms with Crippen LogP contribution in [0.3, 0.4) is 0 Å². The lowest BCUT2D eigenvalue weighted by Gasteiger charge is -2.21. The van der Waals surface area contributed by atoms with Crippen molar-refractivity contribution in [2.24, 2.45) is 5.92 Å². The number of rotatable bonds is 8. The second-order valence-corrected chi connectivity index (χ2v) is 9.03. The first-order valence-electron chi connectivity index (χ1n) is 11.1. The molecule has 2 saturated carbocycles. The fourth-order valence-electron chi connectivity index (χ4n) is 4.12. The molecule has 2 fully saturated rings. The molecule has 0 spiro atoms. The SMILES string of the molecule is Cc1c(Nc2cccc(C(=O)N[C@@H](CC3CCCC3)C(=O)NC3CC3)c2)ccnc1Cl. The number of aromatic nitrogens is 1. The molecular formula is C24H29ClN4O2. The van der Waals surface area contributed by atoms with Crippen molar-refractivity contribution in [3.63, 3.8) is 0 Å². The van der Waals surface area contributed by atoms with Crippen LogP contribution in [0.2, 0.25) is 5.15 Å². The Hall–Kier alpha value is -2.60. The lowest BCUT2D eigenvalue weighted by Crippen LogP contribution is -2.48. The summed E-state index contributed by atoms with van der Waals surface area (Å²) in [6.07, 6.45) is 9.09. The lowest BCUT2D eigenvalue weighted by molar-refractivity contribution is -0.123. The molecular weight excluding hydrogens is 412 g/mol. The molecule has 0 bridgehead atoms. The van der Waals surface area contributed by atoms with E-state index in [0.717, 1.165) is 42.6 Å². The molecule has 1 atom stereocenters. The minimum Gasteiger partial charge on any atom is -0.355 e. The number of hydrogen-bond donors (Lipinski definition) is 3. The lowest BCUT2D eigenvalue weighted by atomic mass is 9.97. The normalized spacial score (nSPS) is 17.2. The summed E-state index contributed by atoms with van der Waals surface area (Å²) in [5.74, 6) is 0.212. The molecule has 2 aliphatic carbocycles. The summed E-state index contributed by atoms with van der Waals surface area (Å²) in [6, 6.07) is 8.89. The van der Waals surface area contributed by atoms with E-state index in [-0.39, 0.29) is 17.9 Å². The highest BCUT2D eigenvalue weighted by Gasteiger charge is 2.31. The van der Waals surface area contributed by atoms with Crippen molar-refractivity contribution in [1.29, 1.82) is 0 Å². The van der Waals surface area contributed by atoms with Gasteiger partial charge in [0.1, 0.15) is 11.2 Å². The van der Waals surface area contributed by atoms with E-state index >= 15 is 0 Å². The number of halogens is 1. The number of amides is 2. The number of nitrogens with zero attached hydrogens (tertiary/aromatic N) is 1. The van der Waals surface area contributed by atoms with E-state index < -0.39 is 6.04 Å². The van der Waals surface area contributed by atoms with Crippen molar-refractivity contribution in [2.45, 2.75) is 64.0 Å². The van der Waals surface area contributed by atoms with Crippen molar-refractivity contribution in [3.05, 3.63) is 52.8 Å². The highest BCUT2D eigenvalue weighted by atomic mass is 35.5. The van der Waals surface area contributed by atoms with Gasteiger partial charge in [0.2, 0.25) is 5.91 Å². The molecule has 1 heterocycles. The minimum absolute atomic E-state index is 0.0564. The van der Waals surface area contributed by atoms with Gasteiger partial charge >= 0.3 is 0 Å². The second-order valence-electron chi connectivity index (χ2n) is 8.68. The smallest absolute Gasteiger partial charge is 0.252 e. The molecule has 164 valence electrons. The molecule has 0 saturated heterocycles. The van der Waals surface area contributed by atoms with Crippen LogP contribution in [0, 0.1) is 12.8 Å². The molecule has 0 aliphatic heterocycles. The average Bonchev–Trinajstić information content (AvgIpc) is 3.42. The van der Waals surface area contributed by atoms with Crippen LogP contribution in [0.15, 0.2) is 36.5 Å². The molecule has 0 unspecified atom stereocenters. The summed E-state index contributed by atoms with van der Waals surface area (Å²) in [4.78, 5) is 29.8. The molecule has 31 heavy (non-hydrogen) atoms. The Kier molecular flexibility index (Phi) is 6.76. The number of pyridine rings is 1. The monoisotopic (exact) mass is 440 g/mol. The van der Waals surface area contributed by atoms with Gasteiger partial charge in [0.15, 0.2) is 0 Å². The molecule has 1 aromatic heterocycles. The molecule has 0 radical (unpaired) electrons. The van der Waals surface area contributed by atoms with E-state index in [4.69, 9.17) is 11.6 Å². The van der Waals surface area contributed by atoms with Crippen LogP contribution in [0.4, 0.5) is 11.4 Å². The fraction of sp³-hybridized carbons (Fsp3) is 0.458. The van der Waals surface area contributed by atoms with E-state index in [2.05, 4.69) is 20.9 Å². The zero-order valence-corrected chi connectivity index (χ0v) is 18.5. The van der Waals surface area contributed by atoms with Gasteiger partial charge in [-0.1, -0.05) is 43.4 Å². The Morgan fingerprint density at radius 2 is 1.94 bits per heavy atom. The van der Waals surface area contributed by atoms with Crippen molar-refractivity contribution in [2.75, 3.05) is 5.32 Å². The van der Waals surface area contributed by atoms with Gasteiger partial charge in [-0.15, -0.1) is 0 Å². The van der Waals surface area contributed by atoms with Gasteiger partial charge in [0, 0.05) is 34.7 Å². The van der Waals surface area contributed by atoms with Crippen LogP contribution in [0.25, 0.3) is 0 Å². The van der Waals surface area contributed by atoms with Gasteiger partial charge in [-0.25, -0.2) is 4.98 Å². The molecule has 3 N–H and O–H groups in total. The Balaban J connectivity index is 1.45. The predicted molar refractivity (Wildman–Crippen MR) is 123 cm³/mol. The minimum atomic E-state index is -0.492. The van der Waals surface area contributed by atoms with Gasteiger partial charge in [-0.05, 0) is 56.4 Å². The van der Waals surface area contributed by atoms with E-state index in [1.807, 2.05) is 25.1 Å². The first-order chi connectivity index (χ1) is 15.0. The molecule has 2 aromatic rings. The van der Waals surface area contributed by atoms with E-state index in [0.29, 0.717) is 23.1 Å². The van der Waals surface area contributed by atoms with Gasteiger partial charge in [0.05, 0.1) is 0 Å². The van der Waals surface area contributed by atoms with Crippen molar-refractivity contribution >= 4 is 34.8 Å².